The fraction of sp³-hybridized carbons (Fsp3) is 0.357. The highest BCUT2D eigenvalue weighted by atomic mass is 19.4. The Morgan fingerprint density at radius 1 is 1.36 bits per heavy atom. The molecule has 1 atom stereocenters. The van der Waals surface area contributed by atoms with Crippen molar-refractivity contribution in [1.29, 1.82) is 0 Å². The fourth-order valence-electron chi connectivity index (χ4n) is 3.63. The van der Waals surface area contributed by atoms with Crippen molar-refractivity contribution in [3.8, 4) is 0 Å². The molecule has 1 N–H and O–H groups in total. The Kier molecular flexibility index (Phi) is 10.3. The molecule has 0 radical (unpaired) electrons. The third kappa shape index (κ3) is 8.29. The molecule has 8 heteroatoms. The Bertz CT molecular complexity index is 1200. The van der Waals surface area contributed by atoms with Gasteiger partial charge in [0, 0.05) is 13.5 Å². The number of nitrogens with zero attached hydrogens (tertiary/aromatic N) is 2. The lowest BCUT2D eigenvalue weighted by atomic mass is 9.99. The number of hydrogen-bond donors (Lipinski definition) is 1. The molecule has 0 fully saturated rings. The fourth-order valence-corrected chi connectivity index (χ4v) is 3.63. The van der Waals surface area contributed by atoms with E-state index in [1.807, 2.05) is 49.7 Å². The maximum atomic E-state index is 12.2. The van der Waals surface area contributed by atoms with Crippen LogP contribution in [0.15, 0.2) is 78.1 Å². The van der Waals surface area contributed by atoms with Gasteiger partial charge >= 0.3 is 12.1 Å². The minimum atomic E-state index is -4.16. The maximum absolute atomic E-state index is 12.2. The summed E-state index contributed by atoms with van der Waals surface area (Å²) in [5.74, 6) is -0.942. The summed E-state index contributed by atoms with van der Waals surface area (Å²) in [6.07, 6.45) is 6.71. The van der Waals surface area contributed by atoms with E-state index in [1.165, 1.54) is 0 Å². The molecule has 0 bridgehead atoms. The highest BCUT2D eigenvalue weighted by Gasteiger charge is 2.36. The first-order valence-corrected chi connectivity index (χ1v) is 11.7. The maximum Gasteiger partial charge on any atom is 0.395 e. The molecule has 1 aromatic heterocycles. The normalized spacial score (nSPS) is 14.8. The van der Waals surface area contributed by atoms with E-state index < -0.39 is 18.1 Å². The van der Waals surface area contributed by atoms with Crippen molar-refractivity contribution in [2.24, 2.45) is 13.0 Å². The number of carboxylic acid groups (broad SMARTS) is 1. The van der Waals surface area contributed by atoms with Gasteiger partial charge in [-0.15, -0.1) is 6.58 Å². The number of halogens is 3. The zero-order chi connectivity index (χ0) is 26.9. The van der Waals surface area contributed by atoms with Crippen molar-refractivity contribution in [2.75, 3.05) is 0 Å². The second-order valence-corrected chi connectivity index (χ2v) is 8.58. The van der Waals surface area contributed by atoms with E-state index in [0.29, 0.717) is 18.8 Å². The lowest BCUT2D eigenvalue weighted by molar-refractivity contribution is -0.160. The molecule has 36 heavy (non-hydrogen) atoms. The van der Waals surface area contributed by atoms with Gasteiger partial charge < -0.3 is 14.4 Å². The highest BCUT2D eigenvalue weighted by molar-refractivity contribution is 5.90. The number of aryl methyl sites for hydroxylation is 2. The van der Waals surface area contributed by atoms with Crippen molar-refractivity contribution < 1.29 is 27.8 Å². The number of benzene rings is 1. The monoisotopic (exact) mass is 502 g/mol. The van der Waals surface area contributed by atoms with Gasteiger partial charge in [-0.1, -0.05) is 42.9 Å². The first kappa shape index (κ1) is 28.7. The van der Waals surface area contributed by atoms with Crippen LogP contribution < -0.4 is 0 Å². The van der Waals surface area contributed by atoms with Gasteiger partial charge in [-0.2, -0.15) is 13.2 Å². The molecule has 0 spiro atoms. The molecule has 1 heterocycles. The highest BCUT2D eigenvalue weighted by Crippen LogP contribution is 2.31. The van der Waals surface area contributed by atoms with Gasteiger partial charge in [0.05, 0.1) is 22.5 Å². The van der Waals surface area contributed by atoms with Crippen LogP contribution in [0.2, 0.25) is 0 Å². The van der Waals surface area contributed by atoms with E-state index >= 15 is 0 Å². The number of carboxylic acids is 1. The first-order valence-electron chi connectivity index (χ1n) is 11.7. The molecule has 1 aromatic carbocycles. The third-order valence-electron chi connectivity index (χ3n) is 5.61. The van der Waals surface area contributed by atoms with Gasteiger partial charge in [0.1, 0.15) is 18.2 Å². The van der Waals surface area contributed by atoms with Crippen molar-refractivity contribution in [1.82, 2.24) is 9.55 Å². The van der Waals surface area contributed by atoms with Crippen molar-refractivity contribution >= 4 is 17.0 Å². The smallest absolute Gasteiger partial charge is 0.395 e. The van der Waals surface area contributed by atoms with Crippen LogP contribution in [-0.4, -0.2) is 26.8 Å². The van der Waals surface area contributed by atoms with Crippen molar-refractivity contribution in [2.45, 2.75) is 52.8 Å². The van der Waals surface area contributed by atoms with Crippen molar-refractivity contribution in [3.63, 3.8) is 0 Å². The van der Waals surface area contributed by atoms with E-state index in [2.05, 4.69) is 17.6 Å². The van der Waals surface area contributed by atoms with Gasteiger partial charge in [-0.05, 0) is 56.5 Å². The summed E-state index contributed by atoms with van der Waals surface area (Å²) in [4.78, 5) is 15.7. The number of carbonyl (C=O) groups is 1. The minimum absolute atomic E-state index is 0.0286. The summed E-state index contributed by atoms with van der Waals surface area (Å²) in [5, 5.41) is 9.11. The van der Waals surface area contributed by atoms with E-state index in [-0.39, 0.29) is 12.0 Å². The Balaban J connectivity index is 0.000000302. The zero-order valence-corrected chi connectivity index (χ0v) is 21.1. The summed E-state index contributed by atoms with van der Waals surface area (Å²) < 4.78 is 44.5. The molecular formula is C28H33F3N2O3. The quantitative estimate of drug-likeness (QED) is 0.383. The Labute approximate surface area is 210 Å². The molecule has 0 saturated heterocycles. The molecule has 1 unspecified atom stereocenters. The topological polar surface area (TPSA) is 64.3 Å². The summed E-state index contributed by atoms with van der Waals surface area (Å²) in [6.45, 7) is 9.15. The van der Waals surface area contributed by atoms with E-state index in [9.17, 15) is 18.0 Å². The van der Waals surface area contributed by atoms with Crippen LogP contribution in [0, 0.1) is 12.8 Å². The summed E-state index contributed by atoms with van der Waals surface area (Å²) >= 11 is 0. The number of rotatable bonds is 8. The average molecular weight is 503 g/mol. The van der Waals surface area contributed by atoms with Crippen LogP contribution in [0.5, 0.6) is 0 Å². The SMILES string of the molecule is C=CC(C/C(C)=C\CC)C(F)(F)F.Cc1ccc2c(c1)nc(COC1=CC(C(=O)O)=CC=CC1)n2C. The molecule has 0 saturated carbocycles. The number of aromatic nitrogens is 2. The number of ether oxygens (including phenoxy) is 1. The third-order valence-corrected chi connectivity index (χ3v) is 5.61. The number of aliphatic carboxylic acids is 1. The van der Waals surface area contributed by atoms with E-state index in [4.69, 9.17) is 9.84 Å². The van der Waals surface area contributed by atoms with Crippen LogP contribution >= 0.6 is 0 Å². The van der Waals surface area contributed by atoms with Crippen LogP contribution in [0.3, 0.4) is 0 Å². The number of alkyl halides is 3. The second kappa shape index (κ2) is 13.0. The molecule has 3 rings (SSSR count). The number of fused-ring (bicyclic) bond motifs is 1. The number of hydrogen-bond acceptors (Lipinski definition) is 3. The number of imidazole rings is 1. The van der Waals surface area contributed by atoms with Crippen LogP contribution in [-0.2, 0) is 23.2 Å². The lowest BCUT2D eigenvalue weighted by Gasteiger charge is -2.16. The molecule has 194 valence electrons. The molecule has 1 aliphatic carbocycles. The van der Waals surface area contributed by atoms with Gasteiger partial charge in [-0.25, -0.2) is 9.78 Å². The van der Waals surface area contributed by atoms with Gasteiger partial charge in [0.15, 0.2) is 0 Å². The first-order chi connectivity index (χ1) is 17.0. The molecule has 0 amide bonds. The van der Waals surface area contributed by atoms with Crippen LogP contribution in [0.25, 0.3) is 11.0 Å². The largest absolute Gasteiger partial charge is 0.490 e. The molecule has 5 nitrogen and oxygen atoms in total. The lowest BCUT2D eigenvalue weighted by Crippen LogP contribution is -2.20. The molecular weight excluding hydrogens is 469 g/mol. The van der Waals surface area contributed by atoms with Crippen LogP contribution in [0.4, 0.5) is 13.2 Å². The minimum Gasteiger partial charge on any atom is -0.490 e. The number of allylic oxidation sites excluding steroid dienone is 6. The zero-order valence-electron chi connectivity index (χ0n) is 21.1. The second-order valence-electron chi connectivity index (χ2n) is 8.58. The van der Waals surface area contributed by atoms with E-state index in [1.54, 1.807) is 25.2 Å². The Hall–Kier alpha value is -3.55. The summed E-state index contributed by atoms with van der Waals surface area (Å²) in [6, 6.07) is 6.13. The van der Waals surface area contributed by atoms with Gasteiger partial charge in [0.25, 0.3) is 0 Å². The molecule has 2 aromatic rings. The molecule has 0 aliphatic heterocycles. The van der Waals surface area contributed by atoms with E-state index in [0.717, 1.165) is 40.5 Å². The average Bonchev–Trinajstić information content (AvgIpc) is 2.96. The Morgan fingerprint density at radius 3 is 2.69 bits per heavy atom. The van der Waals surface area contributed by atoms with Gasteiger partial charge in [0.2, 0.25) is 0 Å². The predicted molar refractivity (Wildman–Crippen MR) is 136 cm³/mol. The van der Waals surface area contributed by atoms with Gasteiger partial charge in [-0.3, -0.25) is 0 Å². The summed E-state index contributed by atoms with van der Waals surface area (Å²) in [5.41, 5.74) is 4.14. The predicted octanol–water partition coefficient (Wildman–Crippen LogP) is 7.35. The standard InChI is InChI=1S/C18H18N2O3.C10H15F3/c1-12-7-8-16-15(9-12)19-17(20(16)2)11-23-14-6-4-3-5-13(10-14)18(21)22;1-4-6-8(3)7-9(5-2)10(11,12)13/h3-5,7-10H,6,11H2,1-2H3,(H,21,22);5-6,9H,2,4,7H2,1,3H3/b;8-6-. The summed E-state index contributed by atoms with van der Waals surface area (Å²) in [7, 11) is 1.95. The Morgan fingerprint density at radius 2 is 2.08 bits per heavy atom. The van der Waals surface area contributed by atoms with Crippen molar-refractivity contribution in [3.05, 3.63) is 89.5 Å². The van der Waals surface area contributed by atoms with Crippen LogP contribution in [0.1, 0.15) is 44.5 Å². The molecule has 1 aliphatic rings.